The van der Waals surface area contributed by atoms with Crippen LogP contribution in [0.2, 0.25) is 0 Å². The maximum atomic E-state index is 16.9. The molecule has 0 aliphatic heterocycles. The van der Waals surface area contributed by atoms with E-state index in [2.05, 4.69) is 0 Å². The highest BCUT2D eigenvalue weighted by molar-refractivity contribution is 6.97. The van der Waals surface area contributed by atoms with Gasteiger partial charge in [-0.15, -0.1) is 0 Å². The Morgan fingerprint density at radius 2 is 0.412 bits per heavy atom. The zero-order chi connectivity index (χ0) is 50.5. The largest absolute Gasteiger partial charge is 0.401 e. The number of alkyl halides is 4. The van der Waals surface area contributed by atoms with E-state index in [1.807, 2.05) is 0 Å². The second-order valence-corrected chi connectivity index (χ2v) is 17.1. The lowest BCUT2D eigenvalue weighted by atomic mass is 9.99. The van der Waals surface area contributed by atoms with E-state index in [0.717, 1.165) is 0 Å². The van der Waals surface area contributed by atoms with Crippen LogP contribution in [0.15, 0.2) is 0 Å². The van der Waals surface area contributed by atoms with Crippen molar-refractivity contribution in [2.24, 2.45) is 0 Å². The third-order valence-corrected chi connectivity index (χ3v) is 14.7. The van der Waals surface area contributed by atoms with Crippen molar-refractivity contribution in [2.75, 3.05) is 0 Å². The fourth-order valence-electron chi connectivity index (χ4n) is 8.70. The van der Waals surface area contributed by atoms with E-state index in [1.54, 1.807) is 0 Å². The molecule has 7 aromatic carbocycles. The number of hydrogen-bond acceptors (Lipinski definition) is 0. The predicted molar refractivity (Wildman–Crippen MR) is 175 cm³/mol. The van der Waals surface area contributed by atoms with Crippen LogP contribution in [-0.4, -0.2) is 14.1 Å². The van der Waals surface area contributed by atoms with Crippen LogP contribution in [0.1, 0.15) is 22.3 Å². The fraction of sp³-hybridized carbons (Fsp3) is 0.0500. The van der Waals surface area contributed by atoms with Gasteiger partial charge in [0, 0.05) is 38.8 Å². The molecular formula is C40AlF27. The second kappa shape index (κ2) is 14.4. The molecule has 7 aromatic rings. The van der Waals surface area contributed by atoms with E-state index in [-0.39, 0.29) is 0 Å². The van der Waals surface area contributed by atoms with Crippen LogP contribution in [0.4, 0.5) is 119 Å². The maximum absolute atomic E-state index is 16.9. The molecule has 0 heterocycles. The first-order chi connectivity index (χ1) is 31.4. The number of rotatable bonds is 3. The van der Waals surface area contributed by atoms with Gasteiger partial charge in [0.2, 0.25) is 0 Å². The molecule has 0 saturated heterocycles. The molecule has 68 heavy (non-hydrogen) atoms. The Bertz CT molecular complexity index is 3470. The van der Waals surface area contributed by atoms with Crippen LogP contribution in [-0.2, 0) is 11.8 Å². The first-order valence-electron chi connectivity index (χ1n) is 17.5. The van der Waals surface area contributed by atoms with Gasteiger partial charge < -0.3 is 0 Å². The molecule has 0 saturated carbocycles. The first-order valence-corrected chi connectivity index (χ1v) is 19.2. The fourth-order valence-corrected chi connectivity index (χ4v) is 12.5. The van der Waals surface area contributed by atoms with Gasteiger partial charge in [-0.05, 0) is 0 Å². The molecule has 0 atom stereocenters. The number of benzene rings is 7. The molecule has 2 aliphatic rings. The van der Waals surface area contributed by atoms with Gasteiger partial charge in [-0.3, -0.25) is 0 Å². The molecule has 0 radical (unpaired) electrons. The number of hydrogen-bond donors (Lipinski definition) is 0. The third kappa shape index (κ3) is 5.26. The molecule has 0 spiro atoms. The van der Waals surface area contributed by atoms with Gasteiger partial charge in [0.15, 0.2) is 122 Å². The molecule has 0 nitrogen and oxygen atoms in total. The van der Waals surface area contributed by atoms with Crippen LogP contribution in [0, 0.1) is 134 Å². The molecule has 0 unspecified atom stereocenters. The van der Waals surface area contributed by atoms with Crippen molar-refractivity contribution in [3.05, 3.63) is 156 Å². The molecule has 352 valence electrons. The summed E-state index contributed by atoms with van der Waals surface area (Å²) < 4.78 is 415. The molecule has 0 fully saturated rings. The van der Waals surface area contributed by atoms with E-state index in [1.165, 1.54) is 0 Å². The quantitative estimate of drug-likeness (QED) is 0.0544. The van der Waals surface area contributed by atoms with Crippen molar-refractivity contribution in [3.63, 3.8) is 0 Å². The van der Waals surface area contributed by atoms with Crippen molar-refractivity contribution in [1.29, 1.82) is 0 Å². The van der Waals surface area contributed by atoms with Crippen LogP contribution in [0.3, 0.4) is 0 Å². The summed E-state index contributed by atoms with van der Waals surface area (Å²) in [6.45, 7) is 0. The summed E-state index contributed by atoms with van der Waals surface area (Å²) in [4.78, 5) is 0. The molecule has 2 aliphatic carbocycles. The van der Waals surface area contributed by atoms with E-state index >= 15 is 92.2 Å². The average Bonchev–Trinajstić information content (AvgIpc) is 3.68. The SMILES string of the molecule is Fc1c(F)c(F)c2c(c1F)-c1c(F)c(F)c(F)[c]([Al]([c]3c(F)c(F)c(F)c4c3C(F)(F)c3c(F)c(F)c(F)c(F)c3-4)[c]3c(F)c(F)c(F)c4c(F)c5c(F)c(F)c(F)c(F)c5c(F)c34)c1C2(F)F. The summed E-state index contributed by atoms with van der Waals surface area (Å²) in [5, 5.41) is -11.4. The molecule has 0 N–H and O–H groups in total. The molecular weight excluding hydrogens is 1020 g/mol. The van der Waals surface area contributed by atoms with Gasteiger partial charge in [-0.1, -0.05) is 13.3 Å². The highest BCUT2D eigenvalue weighted by Gasteiger charge is 2.61. The van der Waals surface area contributed by atoms with Crippen molar-refractivity contribution in [1.82, 2.24) is 0 Å². The topological polar surface area (TPSA) is 0 Å². The van der Waals surface area contributed by atoms with Gasteiger partial charge in [0.1, 0.15) is 11.6 Å². The molecule has 28 heteroatoms. The number of fused-ring (bicyclic) bond motifs is 8. The Hall–Kier alpha value is -6.30. The average molecular weight is 1020 g/mol. The zero-order valence-electron chi connectivity index (χ0n) is 30.8. The minimum absolute atomic E-state index is 2.67. The van der Waals surface area contributed by atoms with Crippen molar-refractivity contribution in [2.45, 2.75) is 11.8 Å². The highest BCUT2D eigenvalue weighted by atomic mass is 27.2. The summed E-state index contributed by atoms with van der Waals surface area (Å²) in [5.41, 5.74) is -24.0. The standard InChI is InChI=1S/C14F9.2C13F9.Al/c15-3-1-2-4(10(19)8(3)17)9(18)6-5(7(2)16)11(20)13(22)14(23)12(6)21;2*14-3-1-2-4(8(16)7(3)15)5-6(13(2,21)22)10(18)12(20)11(19)9(5)17;. The first kappa shape index (κ1) is 46.8. The Morgan fingerprint density at radius 3 is 0.750 bits per heavy atom. The Balaban J connectivity index is 1.64. The summed E-state index contributed by atoms with van der Waals surface area (Å²) in [6.07, 6.45) is 0. The minimum atomic E-state index is -7.49. The van der Waals surface area contributed by atoms with Gasteiger partial charge in [0.05, 0.1) is 27.3 Å². The second-order valence-electron chi connectivity index (χ2n) is 14.5. The maximum Gasteiger partial charge on any atom is 0.401 e. The predicted octanol–water partition coefficient (Wildman–Crippen LogP) is 11.9. The van der Waals surface area contributed by atoms with Crippen molar-refractivity contribution in [3.8, 4) is 22.3 Å². The molecule has 9 rings (SSSR count). The highest BCUT2D eigenvalue weighted by Crippen LogP contribution is 2.57. The monoisotopic (exact) mass is 1020 g/mol. The molecule has 0 amide bonds. The van der Waals surface area contributed by atoms with Gasteiger partial charge >= 0.3 is 26.0 Å². The van der Waals surface area contributed by atoms with Crippen molar-refractivity contribution < 1.29 is 119 Å². The van der Waals surface area contributed by atoms with Gasteiger partial charge in [0.25, 0.3) is 0 Å². The minimum Gasteiger partial charge on any atom is -0.206 e. The summed E-state index contributed by atoms with van der Waals surface area (Å²) >= 11 is -7.49. The summed E-state index contributed by atoms with van der Waals surface area (Å²) in [6, 6.07) is 0. The lowest BCUT2D eigenvalue weighted by Crippen LogP contribution is -2.60. The zero-order valence-corrected chi connectivity index (χ0v) is 31.9. The van der Waals surface area contributed by atoms with E-state index < -0.39 is 239 Å². The van der Waals surface area contributed by atoms with Crippen molar-refractivity contribution >= 4 is 49.0 Å². The van der Waals surface area contributed by atoms with E-state index in [4.69, 9.17) is 0 Å². The van der Waals surface area contributed by atoms with Gasteiger partial charge in [-0.25, -0.2) is 101 Å². The lowest BCUT2D eigenvalue weighted by molar-refractivity contribution is 0.0433. The van der Waals surface area contributed by atoms with E-state index in [0.29, 0.717) is 0 Å². The lowest BCUT2D eigenvalue weighted by Gasteiger charge is -2.28. The molecule has 0 aromatic heterocycles. The third-order valence-electron chi connectivity index (χ3n) is 11.4. The van der Waals surface area contributed by atoms with Gasteiger partial charge in [-0.2, -0.15) is 17.6 Å². The summed E-state index contributed by atoms with van der Waals surface area (Å²) in [5.74, 6) is -89.5. The van der Waals surface area contributed by atoms with E-state index in [9.17, 15) is 26.3 Å². The Labute approximate surface area is 357 Å². The number of halogens is 27. The summed E-state index contributed by atoms with van der Waals surface area (Å²) in [7, 11) is 0. The normalized spacial score (nSPS) is 14.3. The molecule has 0 bridgehead atoms. The van der Waals surface area contributed by atoms with Crippen LogP contribution in [0.25, 0.3) is 43.8 Å². The van der Waals surface area contributed by atoms with Crippen LogP contribution in [0.5, 0.6) is 0 Å². The smallest absolute Gasteiger partial charge is 0.206 e. The Kier molecular flexibility index (Phi) is 9.89. The Morgan fingerprint density at radius 1 is 0.191 bits per heavy atom. The van der Waals surface area contributed by atoms with Crippen LogP contribution < -0.4 is 13.3 Å². The van der Waals surface area contributed by atoms with Crippen LogP contribution >= 0.6 is 0 Å².